The predicted molar refractivity (Wildman–Crippen MR) is 115 cm³/mol. The highest BCUT2D eigenvalue weighted by atomic mass is 32.2. The summed E-state index contributed by atoms with van der Waals surface area (Å²) in [4.78, 5) is 18.4. The number of thioether (sulfide) groups is 1. The molecule has 0 spiro atoms. The van der Waals surface area contributed by atoms with Gasteiger partial charge in [0, 0.05) is 30.2 Å². The van der Waals surface area contributed by atoms with E-state index in [9.17, 15) is 9.18 Å². The molecule has 8 heteroatoms. The predicted octanol–water partition coefficient (Wildman–Crippen LogP) is 4.50. The summed E-state index contributed by atoms with van der Waals surface area (Å²) < 4.78 is 26.9. The third kappa shape index (κ3) is 5.91. The van der Waals surface area contributed by atoms with Crippen LogP contribution in [0.3, 0.4) is 0 Å². The number of amides is 1. The average molecular weight is 435 g/mol. The fraction of sp³-hybridized carbons (Fsp3) is 0.333. The van der Waals surface area contributed by atoms with Crippen LogP contribution >= 0.6 is 23.1 Å². The summed E-state index contributed by atoms with van der Waals surface area (Å²) in [6, 6.07) is 12.3. The normalized spacial score (nSPS) is 11.9. The highest BCUT2D eigenvalue weighted by Gasteiger charge is 2.09. The highest BCUT2D eigenvalue weighted by molar-refractivity contribution is 7.99. The summed E-state index contributed by atoms with van der Waals surface area (Å²) in [5.41, 5.74) is 0.857. The smallest absolute Gasteiger partial charge is 0.249 e. The molecular weight excluding hydrogens is 411 g/mol. The van der Waals surface area contributed by atoms with Crippen molar-refractivity contribution in [2.75, 3.05) is 26.1 Å². The molecule has 29 heavy (non-hydrogen) atoms. The second kappa shape index (κ2) is 10.6. The van der Waals surface area contributed by atoms with Crippen LogP contribution in [0.5, 0.6) is 5.75 Å². The lowest BCUT2D eigenvalue weighted by atomic mass is 10.3. The molecule has 0 fully saturated rings. The van der Waals surface area contributed by atoms with Crippen molar-refractivity contribution in [3.05, 3.63) is 53.1 Å². The van der Waals surface area contributed by atoms with E-state index in [2.05, 4.69) is 4.99 Å². The van der Waals surface area contributed by atoms with Crippen LogP contribution < -0.4 is 9.54 Å². The third-order valence-corrected chi connectivity index (χ3v) is 6.23. The molecule has 3 aromatic rings. The molecule has 0 bridgehead atoms. The van der Waals surface area contributed by atoms with E-state index in [0.717, 1.165) is 20.9 Å². The van der Waals surface area contributed by atoms with Crippen LogP contribution in [0, 0.1) is 5.82 Å². The summed E-state index contributed by atoms with van der Waals surface area (Å²) in [7, 11) is 1.63. The number of halogens is 1. The molecule has 1 aromatic heterocycles. The molecule has 1 amide bonds. The van der Waals surface area contributed by atoms with E-state index in [1.54, 1.807) is 24.9 Å². The van der Waals surface area contributed by atoms with E-state index in [1.165, 1.54) is 23.5 Å². The van der Waals surface area contributed by atoms with E-state index in [1.807, 2.05) is 35.8 Å². The molecule has 0 unspecified atom stereocenters. The van der Waals surface area contributed by atoms with E-state index < -0.39 is 0 Å². The standard InChI is InChI=1S/C21H23FN2O3S2/c1-3-27-12-11-24-18-9-4-15(22)14-19(18)29-21(24)23-20(25)10-13-28-17-7-5-16(26-2)6-8-17/h4-9,14H,3,10-13H2,1-2H3. The molecule has 0 saturated carbocycles. The third-order valence-electron chi connectivity index (χ3n) is 4.17. The number of carbonyl (C=O) groups excluding carboxylic acids is 1. The lowest BCUT2D eigenvalue weighted by molar-refractivity contribution is -0.117. The Morgan fingerprint density at radius 3 is 2.76 bits per heavy atom. The number of hydrogen-bond donors (Lipinski definition) is 0. The lowest BCUT2D eigenvalue weighted by Gasteiger charge is -2.05. The van der Waals surface area contributed by atoms with E-state index >= 15 is 0 Å². The lowest BCUT2D eigenvalue weighted by Crippen LogP contribution is -2.19. The zero-order valence-corrected chi connectivity index (χ0v) is 18.0. The Labute approximate surface area is 177 Å². The molecule has 1 heterocycles. The molecule has 154 valence electrons. The van der Waals surface area contributed by atoms with Crippen LogP contribution in [-0.2, 0) is 16.1 Å². The van der Waals surface area contributed by atoms with Gasteiger partial charge in [-0.3, -0.25) is 4.79 Å². The quantitative estimate of drug-likeness (QED) is 0.368. The Morgan fingerprint density at radius 1 is 1.24 bits per heavy atom. The second-order valence-electron chi connectivity index (χ2n) is 6.12. The number of aromatic nitrogens is 1. The Bertz CT molecular complexity index is 1030. The molecule has 0 aliphatic rings. The minimum atomic E-state index is -0.301. The molecule has 2 aromatic carbocycles. The maximum absolute atomic E-state index is 13.6. The fourth-order valence-corrected chi connectivity index (χ4v) is 4.68. The first kappa shape index (κ1) is 21.5. The van der Waals surface area contributed by atoms with Crippen molar-refractivity contribution in [1.29, 1.82) is 0 Å². The van der Waals surface area contributed by atoms with Crippen LogP contribution in [-0.4, -0.2) is 36.6 Å². The highest BCUT2D eigenvalue weighted by Crippen LogP contribution is 2.22. The average Bonchev–Trinajstić information content (AvgIpc) is 3.04. The number of nitrogens with zero attached hydrogens (tertiary/aromatic N) is 2. The second-order valence-corrected chi connectivity index (χ2v) is 8.30. The first-order valence-corrected chi connectivity index (χ1v) is 11.1. The van der Waals surface area contributed by atoms with Gasteiger partial charge in [-0.1, -0.05) is 11.3 Å². The van der Waals surface area contributed by atoms with Crippen LogP contribution in [0.1, 0.15) is 13.3 Å². The van der Waals surface area contributed by atoms with Crippen molar-refractivity contribution in [1.82, 2.24) is 4.57 Å². The zero-order chi connectivity index (χ0) is 20.6. The van der Waals surface area contributed by atoms with E-state index in [-0.39, 0.29) is 11.7 Å². The van der Waals surface area contributed by atoms with Crippen molar-refractivity contribution in [2.45, 2.75) is 24.8 Å². The van der Waals surface area contributed by atoms with Gasteiger partial charge in [0.1, 0.15) is 11.6 Å². The zero-order valence-electron chi connectivity index (χ0n) is 16.4. The van der Waals surface area contributed by atoms with Crippen LogP contribution in [0.2, 0.25) is 0 Å². The SMILES string of the molecule is CCOCCn1c(=NC(=O)CCSc2ccc(OC)cc2)sc2cc(F)ccc21. The van der Waals surface area contributed by atoms with Crippen molar-refractivity contribution >= 4 is 39.2 Å². The number of methoxy groups -OCH3 is 1. The summed E-state index contributed by atoms with van der Waals surface area (Å²) in [6.07, 6.45) is 0.324. The maximum Gasteiger partial charge on any atom is 0.249 e. The van der Waals surface area contributed by atoms with Crippen molar-refractivity contribution in [2.24, 2.45) is 4.99 Å². The minimum absolute atomic E-state index is 0.191. The van der Waals surface area contributed by atoms with Gasteiger partial charge in [-0.25, -0.2) is 4.39 Å². The van der Waals surface area contributed by atoms with Gasteiger partial charge in [0.15, 0.2) is 4.80 Å². The van der Waals surface area contributed by atoms with Gasteiger partial charge in [-0.15, -0.1) is 11.8 Å². The molecule has 0 atom stereocenters. The summed E-state index contributed by atoms with van der Waals surface area (Å²) in [5, 5.41) is 0. The molecule has 0 saturated heterocycles. The van der Waals surface area contributed by atoms with Crippen LogP contribution in [0.15, 0.2) is 52.4 Å². The minimum Gasteiger partial charge on any atom is -0.497 e. The first-order chi connectivity index (χ1) is 14.1. The van der Waals surface area contributed by atoms with Gasteiger partial charge in [-0.2, -0.15) is 4.99 Å². The van der Waals surface area contributed by atoms with Crippen molar-refractivity contribution in [3.63, 3.8) is 0 Å². The molecule has 5 nitrogen and oxygen atoms in total. The monoisotopic (exact) mass is 434 g/mol. The van der Waals surface area contributed by atoms with Gasteiger partial charge < -0.3 is 14.0 Å². The molecule has 0 radical (unpaired) electrons. The van der Waals surface area contributed by atoms with E-state index in [0.29, 0.717) is 36.7 Å². The first-order valence-electron chi connectivity index (χ1n) is 9.31. The number of thiazole rings is 1. The van der Waals surface area contributed by atoms with Crippen molar-refractivity contribution in [3.8, 4) is 5.75 Å². The van der Waals surface area contributed by atoms with Gasteiger partial charge >= 0.3 is 0 Å². The fourth-order valence-electron chi connectivity index (χ4n) is 2.74. The Kier molecular flexibility index (Phi) is 7.85. The summed E-state index contributed by atoms with van der Waals surface area (Å²) >= 11 is 2.91. The largest absolute Gasteiger partial charge is 0.497 e. The van der Waals surface area contributed by atoms with E-state index in [4.69, 9.17) is 9.47 Å². The molecule has 0 N–H and O–H groups in total. The summed E-state index contributed by atoms with van der Waals surface area (Å²) in [6.45, 7) is 3.62. The van der Waals surface area contributed by atoms with Crippen LogP contribution in [0.25, 0.3) is 10.2 Å². The Balaban J connectivity index is 1.71. The van der Waals surface area contributed by atoms with Gasteiger partial charge in [0.05, 0.1) is 23.9 Å². The van der Waals surface area contributed by atoms with Gasteiger partial charge in [0.25, 0.3) is 0 Å². The molecule has 0 aliphatic carbocycles. The van der Waals surface area contributed by atoms with Crippen molar-refractivity contribution < 1.29 is 18.7 Å². The summed E-state index contributed by atoms with van der Waals surface area (Å²) in [5.74, 6) is 0.943. The maximum atomic E-state index is 13.6. The Hall–Kier alpha value is -2.16. The number of benzene rings is 2. The number of rotatable bonds is 9. The number of fused-ring (bicyclic) bond motifs is 1. The topological polar surface area (TPSA) is 52.8 Å². The molecular formula is C21H23FN2O3S2. The number of ether oxygens (including phenoxy) is 2. The number of hydrogen-bond acceptors (Lipinski definition) is 5. The molecule has 0 aliphatic heterocycles. The van der Waals surface area contributed by atoms with Gasteiger partial charge in [0.2, 0.25) is 5.91 Å². The number of carbonyl (C=O) groups is 1. The molecule has 3 rings (SSSR count). The van der Waals surface area contributed by atoms with Crippen LogP contribution in [0.4, 0.5) is 4.39 Å². The van der Waals surface area contributed by atoms with Gasteiger partial charge in [-0.05, 0) is 49.4 Å². The Morgan fingerprint density at radius 2 is 2.03 bits per heavy atom.